The Morgan fingerprint density at radius 2 is 1.68 bits per heavy atom. The maximum Gasteiger partial charge on any atom is 0.255 e. The van der Waals surface area contributed by atoms with Gasteiger partial charge in [0.05, 0.1) is 32.0 Å². The quantitative estimate of drug-likeness (QED) is 0.432. The zero-order valence-electron chi connectivity index (χ0n) is 17.1. The molecule has 0 fully saturated rings. The van der Waals surface area contributed by atoms with Crippen LogP contribution in [0.5, 0.6) is 17.2 Å². The lowest BCUT2D eigenvalue weighted by molar-refractivity contribution is 0.102. The van der Waals surface area contributed by atoms with Gasteiger partial charge < -0.3 is 23.9 Å². The Morgan fingerprint density at radius 3 is 2.32 bits per heavy atom. The molecule has 1 aromatic heterocycles. The van der Waals surface area contributed by atoms with Gasteiger partial charge >= 0.3 is 0 Å². The van der Waals surface area contributed by atoms with E-state index >= 15 is 0 Å². The second kappa shape index (κ2) is 8.57. The fourth-order valence-corrected chi connectivity index (χ4v) is 3.32. The molecule has 0 bridgehead atoms. The van der Waals surface area contributed by atoms with E-state index in [1.54, 1.807) is 30.3 Å². The van der Waals surface area contributed by atoms with Crippen LogP contribution in [0, 0.1) is 0 Å². The van der Waals surface area contributed by atoms with Gasteiger partial charge in [0.15, 0.2) is 17.1 Å². The molecule has 7 nitrogen and oxygen atoms in total. The van der Waals surface area contributed by atoms with E-state index in [0.29, 0.717) is 50.6 Å². The first-order chi connectivity index (χ1) is 15.0. The maximum atomic E-state index is 12.9. The van der Waals surface area contributed by atoms with Gasteiger partial charge in [0, 0.05) is 11.1 Å². The van der Waals surface area contributed by atoms with Gasteiger partial charge in [-0.1, -0.05) is 23.7 Å². The highest BCUT2D eigenvalue weighted by atomic mass is 35.5. The molecule has 0 atom stereocenters. The van der Waals surface area contributed by atoms with Gasteiger partial charge in [0.2, 0.25) is 11.6 Å². The van der Waals surface area contributed by atoms with Crippen molar-refractivity contribution in [3.63, 3.8) is 0 Å². The summed E-state index contributed by atoms with van der Waals surface area (Å²) in [5.41, 5.74) is 2.84. The number of para-hydroxylation sites is 2. The summed E-state index contributed by atoms with van der Waals surface area (Å²) in [5, 5.41) is 3.19. The lowest BCUT2D eigenvalue weighted by Gasteiger charge is -2.14. The van der Waals surface area contributed by atoms with E-state index in [9.17, 15) is 4.79 Å². The maximum absolute atomic E-state index is 12.9. The third kappa shape index (κ3) is 4.00. The van der Waals surface area contributed by atoms with Crippen molar-refractivity contribution < 1.29 is 23.4 Å². The van der Waals surface area contributed by atoms with E-state index in [1.165, 1.54) is 21.3 Å². The van der Waals surface area contributed by atoms with E-state index in [1.807, 2.05) is 24.3 Å². The molecule has 0 aliphatic rings. The third-order valence-electron chi connectivity index (χ3n) is 4.68. The number of nitrogens with zero attached hydrogens (tertiary/aromatic N) is 1. The van der Waals surface area contributed by atoms with Crippen molar-refractivity contribution >= 4 is 34.3 Å². The zero-order valence-corrected chi connectivity index (χ0v) is 17.8. The molecule has 1 amide bonds. The van der Waals surface area contributed by atoms with Crippen LogP contribution >= 0.6 is 11.6 Å². The van der Waals surface area contributed by atoms with E-state index in [0.717, 1.165) is 5.52 Å². The van der Waals surface area contributed by atoms with Crippen LogP contribution in [0.1, 0.15) is 10.4 Å². The predicted octanol–water partition coefficient (Wildman–Crippen LogP) is 5.43. The number of hydrogen-bond donors (Lipinski definition) is 1. The van der Waals surface area contributed by atoms with Gasteiger partial charge in [-0.25, -0.2) is 4.98 Å². The third-order valence-corrected chi connectivity index (χ3v) is 5.01. The Bertz CT molecular complexity index is 1210. The molecule has 0 aliphatic carbocycles. The van der Waals surface area contributed by atoms with Crippen LogP contribution in [0.4, 0.5) is 5.69 Å². The number of nitrogens with one attached hydrogen (secondary N) is 1. The second-order valence-electron chi connectivity index (χ2n) is 6.55. The molecule has 158 valence electrons. The van der Waals surface area contributed by atoms with Crippen LogP contribution in [0.25, 0.3) is 22.6 Å². The number of oxazole rings is 1. The van der Waals surface area contributed by atoms with Gasteiger partial charge in [0.1, 0.15) is 5.52 Å². The highest BCUT2D eigenvalue weighted by Crippen LogP contribution is 2.38. The Balaban J connectivity index is 1.66. The molecule has 0 spiro atoms. The van der Waals surface area contributed by atoms with Crippen molar-refractivity contribution in [2.45, 2.75) is 0 Å². The summed E-state index contributed by atoms with van der Waals surface area (Å²) >= 11 is 6.32. The van der Waals surface area contributed by atoms with Crippen molar-refractivity contribution in [2.24, 2.45) is 0 Å². The molecule has 1 heterocycles. The average molecular weight is 439 g/mol. The minimum atomic E-state index is -0.393. The molecule has 0 unspecified atom stereocenters. The minimum Gasteiger partial charge on any atom is -0.493 e. The first-order valence-electron chi connectivity index (χ1n) is 9.31. The number of halogens is 1. The van der Waals surface area contributed by atoms with E-state index in [2.05, 4.69) is 10.3 Å². The van der Waals surface area contributed by atoms with Crippen molar-refractivity contribution in [3.8, 4) is 28.7 Å². The topological polar surface area (TPSA) is 82.8 Å². The average Bonchev–Trinajstić information content (AvgIpc) is 3.23. The zero-order chi connectivity index (χ0) is 22.0. The largest absolute Gasteiger partial charge is 0.493 e. The smallest absolute Gasteiger partial charge is 0.255 e. The molecule has 3 aromatic carbocycles. The van der Waals surface area contributed by atoms with Gasteiger partial charge in [-0.2, -0.15) is 0 Å². The highest BCUT2D eigenvalue weighted by Gasteiger charge is 2.18. The van der Waals surface area contributed by atoms with E-state index in [-0.39, 0.29) is 0 Å². The van der Waals surface area contributed by atoms with Crippen molar-refractivity contribution in [3.05, 3.63) is 65.2 Å². The Labute approximate surface area is 183 Å². The van der Waals surface area contributed by atoms with Crippen LogP contribution in [0.15, 0.2) is 59.0 Å². The van der Waals surface area contributed by atoms with Gasteiger partial charge in [-0.15, -0.1) is 0 Å². The monoisotopic (exact) mass is 438 g/mol. The van der Waals surface area contributed by atoms with Crippen LogP contribution < -0.4 is 19.5 Å². The molecule has 0 radical (unpaired) electrons. The molecular formula is C23H19ClN2O5. The number of fused-ring (bicyclic) bond motifs is 1. The summed E-state index contributed by atoms with van der Waals surface area (Å²) in [5.74, 6) is 1.19. The summed E-state index contributed by atoms with van der Waals surface area (Å²) in [4.78, 5) is 17.4. The summed E-state index contributed by atoms with van der Waals surface area (Å²) in [6.07, 6.45) is 0. The molecule has 31 heavy (non-hydrogen) atoms. The van der Waals surface area contributed by atoms with Crippen LogP contribution in [0.2, 0.25) is 5.02 Å². The molecule has 1 N–H and O–H groups in total. The first-order valence-corrected chi connectivity index (χ1v) is 9.68. The normalized spacial score (nSPS) is 10.7. The van der Waals surface area contributed by atoms with Gasteiger partial charge in [0.25, 0.3) is 5.91 Å². The number of carbonyl (C=O) groups is 1. The van der Waals surface area contributed by atoms with Gasteiger partial charge in [-0.3, -0.25) is 4.79 Å². The molecule has 0 saturated heterocycles. The lowest BCUT2D eigenvalue weighted by atomic mass is 10.1. The summed E-state index contributed by atoms with van der Waals surface area (Å²) < 4.78 is 21.7. The fraction of sp³-hybridized carbons (Fsp3) is 0.130. The van der Waals surface area contributed by atoms with E-state index in [4.69, 9.17) is 30.2 Å². The number of hydrogen-bond acceptors (Lipinski definition) is 6. The molecule has 0 aliphatic heterocycles. The Morgan fingerprint density at radius 1 is 0.968 bits per heavy atom. The number of anilines is 1. The Hall–Kier alpha value is -3.71. The molecule has 0 saturated carbocycles. The molecule has 4 aromatic rings. The van der Waals surface area contributed by atoms with Crippen LogP contribution in [-0.4, -0.2) is 32.2 Å². The number of carbonyl (C=O) groups excluding carboxylic acids is 1. The highest BCUT2D eigenvalue weighted by molar-refractivity contribution is 6.34. The number of rotatable bonds is 6. The summed E-state index contributed by atoms with van der Waals surface area (Å²) in [6.45, 7) is 0. The fourth-order valence-electron chi connectivity index (χ4n) is 3.16. The Kier molecular flexibility index (Phi) is 5.68. The van der Waals surface area contributed by atoms with E-state index < -0.39 is 5.91 Å². The van der Waals surface area contributed by atoms with Crippen molar-refractivity contribution in [2.75, 3.05) is 26.6 Å². The molecule has 8 heteroatoms. The van der Waals surface area contributed by atoms with Crippen molar-refractivity contribution in [1.29, 1.82) is 0 Å². The summed E-state index contributed by atoms with van der Waals surface area (Å²) in [7, 11) is 4.47. The summed E-state index contributed by atoms with van der Waals surface area (Å²) in [6, 6.07) is 15.8. The van der Waals surface area contributed by atoms with Crippen LogP contribution in [0.3, 0.4) is 0 Å². The second-order valence-corrected chi connectivity index (χ2v) is 6.96. The van der Waals surface area contributed by atoms with Gasteiger partial charge in [-0.05, 0) is 42.5 Å². The molecule has 4 rings (SSSR count). The first kappa shape index (κ1) is 20.6. The standard InChI is InChI=1S/C23H19ClN2O5/c1-28-19-11-14(12-20(29-2)21(19)30-3)22(27)25-17-10-13(8-9-15(17)24)23-26-16-6-4-5-7-18(16)31-23/h4-12H,1-3H3,(H,25,27). The van der Waals surface area contributed by atoms with Crippen LogP contribution in [-0.2, 0) is 0 Å². The number of methoxy groups -OCH3 is 3. The number of ether oxygens (including phenoxy) is 3. The number of aromatic nitrogens is 1. The predicted molar refractivity (Wildman–Crippen MR) is 119 cm³/mol. The molecular weight excluding hydrogens is 420 g/mol. The minimum absolute atomic E-state index is 0.317. The number of benzene rings is 3. The lowest BCUT2D eigenvalue weighted by Crippen LogP contribution is -2.13. The SMILES string of the molecule is COc1cc(C(=O)Nc2cc(-c3nc4ccccc4o3)ccc2Cl)cc(OC)c1OC. The van der Waals surface area contributed by atoms with Crippen molar-refractivity contribution in [1.82, 2.24) is 4.98 Å². The number of amides is 1.